The number of ketones is 1. The van der Waals surface area contributed by atoms with E-state index in [1.165, 1.54) is 6.92 Å². The number of hydrogen-bond donors (Lipinski definition) is 2. The molecule has 25 heavy (non-hydrogen) atoms. The molecule has 1 aromatic rings. The molecule has 6 heteroatoms. The topological polar surface area (TPSA) is 78.5 Å². The SMILES string of the molecule is CC(=O)[C@@H](Cc1ccccc1)NC(=O)CN(C)CC(=O)NC(C)(C)C. The summed E-state index contributed by atoms with van der Waals surface area (Å²) in [4.78, 5) is 37.5. The molecule has 0 aliphatic rings. The molecule has 0 aromatic heterocycles. The number of hydrogen-bond acceptors (Lipinski definition) is 4. The fourth-order valence-electron chi connectivity index (χ4n) is 2.39. The van der Waals surface area contributed by atoms with Gasteiger partial charge in [-0.25, -0.2) is 0 Å². The Kier molecular flexibility index (Phi) is 7.77. The average molecular weight is 347 g/mol. The Morgan fingerprint density at radius 2 is 1.60 bits per heavy atom. The van der Waals surface area contributed by atoms with Crippen molar-refractivity contribution in [2.24, 2.45) is 0 Å². The van der Waals surface area contributed by atoms with Crippen LogP contribution in [0.4, 0.5) is 0 Å². The highest BCUT2D eigenvalue weighted by Gasteiger charge is 2.20. The van der Waals surface area contributed by atoms with Gasteiger partial charge in [0.2, 0.25) is 11.8 Å². The van der Waals surface area contributed by atoms with Crippen LogP contribution in [0, 0.1) is 0 Å². The van der Waals surface area contributed by atoms with E-state index in [0.717, 1.165) is 5.56 Å². The van der Waals surface area contributed by atoms with Crippen LogP contribution in [-0.2, 0) is 20.8 Å². The van der Waals surface area contributed by atoms with Gasteiger partial charge in [0.25, 0.3) is 0 Å². The first-order chi connectivity index (χ1) is 11.6. The second-order valence-electron chi connectivity index (χ2n) is 7.39. The number of rotatable bonds is 8. The van der Waals surface area contributed by atoms with Crippen LogP contribution >= 0.6 is 0 Å². The average Bonchev–Trinajstić information content (AvgIpc) is 2.44. The van der Waals surface area contributed by atoms with E-state index < -0.39 is 6.04 Å². The van der Waals surface area contributed by atoms with Crippen molar-refractivity contribution in [3.63, 3.8) is 0 Å². The predicted octanol–water partition coefficient (Wildman–Crippen LogP) is 1.15. The van der Waals surface area contributed by atoms with E-state index in [9.17, 15) is 14.4 Å². The van der Waals surface area contributed by atoms with Gasteiger partial charge in [-0.3, -0.25) is 19.3 Å². The third-order valence-corrected chi connectivity index (χ3v) is 3.45. The van der Waals surface area contributed by atoms with Crippen molar-refractivity contribution in [1.29, 1.82) is 0 Å². The van der Waals surface area contributed by atoms with Gasteiger partial charge in [-0.1, -0.05) is 30.3 Å². The highest BCUT2D eigenvalue weighted by molar-refractivity contribution is 5.88. The molecule has 0 aliphatic heterocycles. The highest BCUT2D eigenvalue weighted by Crippen LogP contribution is 2.04. The maximum absolute atomic E-state index is 12.2. The van der Waals surface area contributed by atoms with Crippen LogP contribution in [0.25, 0.3) is 0 Å². The molecule has 0 saturated heterocycles. The zero-order valence-corrected chi connectivity index (χ0v) is 15.8. The second kappa shape index (κ2) is 9.32. The van der Waals surface area contributed by atoms with Crippen molar-refractivity contribution < 1.29 is 14.4 Å². The molecule has 1 rings (SSSR count). The molecule has 0 fully saturated rings. The minimum Gasteiger partial charge on any atom is -0.350 e. The van der Waals surface area contributed by atoms with Crippen LogP contribution in [0.5, 0.6) is 0 Å². The van der Waals surface area contributed by atoms with Crippen molar-refractivity contribution in [1.82, 2.24) is 15.5 Å². The lowest BCUT2D eigenvalue weighted by atomic mass is 10.0. The third kappa shape index (κ3) is 9.00. The summed E-state index contributed by atoms with van der Waals surface area (Å²) in [5, 5.41) is 5.60. The van der Waals surface area contributed by atoms with E-state index in [1.807, 2.05) is 51.1 Å². The number of carbonyl (C=O) groups excluding carboxylic acids is 3. The van der Waals surface area contributed by atoms with E-state index in [0.29, 0.717) is 6.42 Å². The molecular formula is C19H29N3O3. The maximum Gasteiger partial charge on any atom is 0.234 e. The van der Waals surface area contributed by atoms with Gasteiger partial charge in [0, 0.05) is 5.54 Å². The van der Waals surface area contributed by atoms with Gasteiger partial charge in [-0.2, -0.15) is 0 Å². The molecule has 6 nitrogen and oxygen atoms in total. The van der Waals surface area contributed by atoms with E-state index in [2.05, 4.69) is 10.6 Å². The zero-order chi connectivity index (χ0) is 19.0. The Morgan fingerprint density at radius 1 is 1.04 bits per heavy atom. The number of carbonyl (C=O) groups is 3. The first-order valence-corrected chi connectivity index (χ1v) is 8.40. The molecule has 138 valence electrons. The lowest BCUT2D eigenvalue weighted by molar-refractivity contribution is -0.128. The zero-order valence-electron chi connectivity index (χ0n) is 15.8. The van der Waals surface area contributed by atoms with Crippen LogP contribution in [0.2, 0.25) is 0 Å². The molecule has 1 atom stereocenters. The first-order valence-electron chi connectivity index (χ1n) is 8.40. The van der Waals surface area contributed by atoms with Gasteiger partial charge in [0.1, 0.15) is 0 Å². The number of Topliss-reactive ketones (excluding diaryl/α,β-unsaturated/α-hetero) is 1. The van der Waals surface area contributed by atoms with Gasteiger partial charge in [0.15, 0.2) is 5.78 Å². The van der Waals surface area contributed by atoms with Crippen molar-refractivity contribution in [3.05, 3.63) is 35.9 Å². The smallest absolute Gasteiger partial charge is 0.234 e. The Hall–Kier alpha value is -2.21. The lowest BCUT2D eigenvalue weighted by Gasteiger charge is -2.23. The van der Waals surface area contributed by atoms with E-state index in [1.54, 1.807) is 11.9 Å². The molecule has 0 bridgehead atoms. The molecule has 0 spiro atoms. The molecule has 0 unspecified atom stereocenters. The standard InChI is InChI=1S/C19H29N3O3/c1-14(23)16(11-15-9-7-6-8-10-15)20-17(24)12-22(5)13-18(25)21-19(2,3)4/h6-10,16H,11-13H2,1-5H3,(H,20,24)(H,21,25)/t16-/m1/s1. The fraction of sp³-hybridized carbons (Fsp3) is 0.526. The van der Waals surface area contributed by atoms with Gasteiger partial charge in [-0.05, 0) is 46.7 Å². The van der Waals surface area contributed by atoms with Crippen LogP contribution in [0.3, 0.4) is 0 Å². The Labute approximate surface area is 150 Å². The lowest BCUT2D eigenvalue weighted by Crippen LogP contribution is -2.49. The van der Waals surface area contributed by atoms with E-state index >= 15 is 0 Å². The maximum atomic E-state index is 12.2. The van der Waals surface area contributed by atoms with Crippen LogP contribution in [-0.4, -0.2) is 54.2 Å². The summed E-state index contributed by atoms with van der Waals surface area (Å²) >= 11 is 0. The summed E-state index contributed by atoms with van der Waals surface area (Å²) in [5.41, 5.74) is 0.677. The first kappa shape index (κ1) is 20.8. The monoisotopic (exact) mass is 347 g/mol. The number of nitrogens with zero attached hydrogens (tertiary/aromatic N) is 1. The molecule has 0 radical (unpaired) electrons. The molecular weight excluding hydrogens is 318 g/mol. The number of benzene rings is 1. The quantitative estimate of drug-likeness (QED) is 0.739. The number of likely N-dealkylation sites (N-methyl/N-ethyl adjacent to an activating group) is 1. The predicted molar refractivity (Wildman–Crippen MR) is 98.2 cm³/mol. The number of nitrogens with one attached hydrogen (secondary N) is 2. The van der Waals surface area contributed by atoms with Crippen molar-refractivity contribution in [2.75, 3.05) is 20.1 Å². The molecule has 0 aliphatic carbocycles. The summed E-state index contributed by atoms with van der Waals surface area (Å²) in [6.45, 7) is 7.34. The largest absolute Gasteiger partial charge is 0.350 e. The van der Waals surface area contributed by atoms with Crippen LogP contribution in [0.15, 0.2) is 30.3 Å². The molecule has 2 N–H and O–H groups in total. The second-order valence-corrected chi connectivity index (χ2v) is 7.39. The van der Waals surface area contributed by atoms with Crippen molar-refractivity contribution in [2.45, 2.75) is 45.7 Å². The van der Waals surface area contributed by atoms with E-state index in [-0.39, 0.29) is 36.2 Å². The van der Waals surface area contributed by atoms with Gasteiger partial charge in [-0.15, -0.1) is 0 Å². The summed E-state index contributed by atoms with van der Waals surface area (Å²) in [5.74, 6) is -0.511. The Bertz CT molecular complexity index is 594. The normalized spacial score (nSPS) is 12.6. The Balaban J connectivity index is 2.52. The molecule has 0 heterocycles. The minimum absolute atomic E-state index is 0.0517. The van der Waals surface area contributed by atoms with E-state index in [4.69, 9.17) is 0 Å². The highest BCUT2D eigenvalue weighted by atomic mass is 16.2. The van der Waals surface area contributed by atoms with Crippen molar-refractivity contribution in [3.8, 4) is 0 Å². The van der Waals surface area contributed by atoms with Crippen molar-refractivity contribution >= 4 is 17.6 Å². The molecule has 0 saturated carbocycles. The van der Waals surface area contributed by atoms with Crippen LogP contribution < -0.4 is 10.6 Å². The number of amides is 2. The minimum atomic E-state index is -0.563. The van der Waals surface area contributed by atoms with Gasteiger partial charge < -0.3 is 10.6 Å². The van der Waals surface area contributed by atoms with Gasteiger partial charge >= 0.3 is 0 Å². The summed E-state index contributed by atoms with van der Waals surface area (Å²) in [6.07, 6.45) is 0.455. The molecule has 2 amide bonds. The van der Waals surface area contributed by atoms with Gasteiger partial charge in [0.05, 0.1) is 19.1 Å². The Morgan fingerprint density at radius 3 is 2.12 bits per heavy atom. The van der Waals surface area contributed by atoms with Crippen LogP contribution in [0.1, 0.15) is 33.3 Å². The fourth-order valence-corrected chi connectivity index (χ4v) is 2.39. The summed E-state index contributed by atoms with van der Waals surface area (Å²) in [6, 6.07) is 8.98. The summed E-state index contributed by atoms with van der Waals surface area (Å²) < 4.78 is 0. The molecule has 1 aromatic carbocycles. The summed E-state index contributed by atoms with van der Waals surface area (Å²) in [7, 11) is 1.70. The third-order valence-electron chi connectivity index (χ3n) is 3.45.